The first-order valence-corrected chi connectivity index (χ1v) is 7.73. The number of halogens is 1. The monoisotopic (exact) mass is 340 g/mol. The van der Waals surface area contributed by atoms with Gasteiger partial charge in [-0.2, -0.15) is 0 Å². The lowest BCUT2D eigenvalue weighted by molar-refractivity contribution is -0.121. The number of urea groups is 1. The minimum Gasteiger partial charge on any atom is -0.356 e. The number of hydrogen-bond acceptors (Lipinski definition) is 3. The van der Waals surface area contributed by atoms with Crippen LogP contribution in [0.2, 0.25) is 5.02 Å². The number of anilines is 1. The van der Waals surface area contributed by atoms with Gasteiger partial charge < -0.3 is 21.3 Å². The highest BCUT2D eigenvalue weighted by molar-refractivity contribution is 6.30. The number of benzene rings is 1. The Bertz CT molecular complexity index is 534. The van der Waals surface area contributed by atoms with Crippen LogP contribution in [-0.2, 0) is 9.59 Å². The van der Waals surface area contributed by atoms with Crippen LogP contribution >= 0.6 is 11.6 Å². The molecule has 0 aliphatic heterocycles. The van der Waals surface area contributed by atoms with E-state index in [-0.39, 0.29) is 31.3 Å². The molecular formula is C15H21ClN4O3. The third-order valence-electron chi connectivity index (χ3n) is 2.75. The molecule has 0 saturated carbocycles. The minimum absolute atomic E-state index is 0.118. The smallest absolute Gasteiger partial charge is 0.315 e. The van der Waals surface area contributed by atoms with Crippen LogP contribution in [0, 0.1) is 0 Å². The van der Waals surface area contributed by atoms with Gasteiger partial charge in [-0.25, -0.2) is 4.79 Å². The minimum atomic E-state index is -0.500. The summed E-state index contributed by atoms with van der Waals surface area (Å²) in [5.74, 6) is -0.476. The molecule has 1 rings (SSSR count). The van der Waals surface area contributed by atoms with Crippen molar-refractivity contribution in [2.24, 2.45) is 0 Å². The molecule has 0 aliphatic carbocycles. The van der Waals surface area contributed by atoms with Crippen LogP contribution in [0.3, 0.4) is 0 Å². The molecular weight excluding hydrogens is 320 g/mol. The maximum absolute atomic E-state index is 11.7. The van der Waals surface area contributed by atoms with Crippen LogP contribution in [0.15, 0.2) is 24.3 Å². The number of nitrogens with one attached hydrogen (secondary N) is 4. The van der Waals surface area contributed by atoms with Gasteiger partial charge >= 0.3 is 6.03 Å². The molecule has 0 atom stereocenters. The van der Waals surface area contributed by atoms with E-state index in [4.69, 9.17) is 11.6 Å². The molecule has 126 valence electrons. The van der Waals surface area contributed by atoms with Gasteiger partial charge in [0.05, 0.1) is 6.54 Å². The van der Waals surface area contributed by atoms with Crippen molar-refractivity contribution in [3.8, 4) is 0 Å². The molecule has 0 bridgehead atoms. The van der Waals surface area contributed by atoms with Crippen LogP contribution in [-0.4, -0.2) is 37.5 Å². The fraction of sp³-hybridized carbons (Fsp3) is 0.400. The summed E-state index contributed by atoms with van der Waals surface area (Å²) >= 11 is 5.74. The second-order valence-corrected chi connectivity index (χ2v) is 5.20. The molecule has 0 unspecified atom stereocenters. The second-order valence-electron chi connectivity index (χ2n) is 4.76. The van der Waals surface area contributed by atoms with Crippen molar-refractivity contribution in [2.75, 3.05) is 25.0 Å². The van der Waals surface area contributed by atoms with Gasteiger partial charge in [0.2, 0.25) is 11.8 Å². The first-order chi connectivity index (χ1) is 11.0. The van der Waals surface area contributed by atoms with E-state index >= 15 is 0 Å². The lowest BCUT2D eigenvalue weighted by Crippen LogP contribution is -2.41. The average Bonchev–Trinajstić information content (AvgIpc) is 2.53. The molecule has 0 aromatic heterocycles. The van der Waals surface area contributed by atoms with Crippen LogP contribution < -0.4 is 21.3 Å². The zero-order chi connectivity index (χ0) is 17.1. The van der Waals surface area contributed by atoms with Crippen molar-refractivity contribution in [1.29, 1.82) is 0 Å². The summed E-state index contributed by atoms with van der Waals surface area (Å²) in [6, 6.07) is 6.13. The van der Waals surface area contributed by atoms with E-state index in [9.17, 15) is 14.4 Å². The van der Waals surface area contributed by atoms with Crippen LogP contribution in [0.4, 0.5) is 10.5 Å². The lowest BCUT2D eigenvalue weighted by Gasteiger charge is -2.08. The van der Waals surface area contributed by atoms with Gasteiger partial charge in [-0.3, -0.25) is 9.59 Å². The Morgan fingerprint density at radius 2 is 1.65 bits per heavy atom. The van der Waals surface area contributed by atoms with Gasteiger partial charge in [0, 0.05) is 30.2 Å². The van der Waals surface area contributed by atoms with E-state index in [0.29, 0.717) is 17.3 Å². The van der Waals surface area contributed by atoms with E-state index in [1.807, 2.05) is 6.92 Å². The summed E-state index contributed by atoms with van der Waals surface area (Å²) in [5.41, 5.74) is 0.592. The van der Waals surface area contributed by atoms with E-state index in [0.717, 1.165) is 6.42 Å². The Balaban J connectivity index is 2.16. The first kappa shape index (κ1) is 18.8. The SMILES string of the molecule is CCCNC(=O)CCNC(=O)NCC(=O)Nc1ccc(Cl)cc1. The fourth-order valence-corrected chi connectivity index (χ4v) is 1.73. The zero-order valence-corrected chi connectivity index (χ0v) is 13.7. The first-order valence-electron chi connectivity index (χ1n) is 7.35. The maximum atomic E-state index is 11.7. The van der Waals surface area contributed by atoms with Gasteiger partial charge in [0.1, 0.15) is 0 Å². The Morgan fingerprint density at radius 1 is 0.957 bits per heavy atom. The Morgan fingerprint density at radius 3 is 2.30 bits per heavy atom. The highest BCUT2D eigenvalue weighted by atomic mass is 35.5. The number of carbonyl (C=O) groups excluding carboxylic acids is 3. The van der Waals surface area contributed by atoms with E-state index in [2.05, 4.69) is 21.3 Å². The Kier molecular flexibility index (Phi) is 8.52. The predicted molar refractivity (Wildman–Crippen MR) is 89.4 cm³/mol. The molecule has 4 N–H and O–H groups in total. The summed E-state index contributed by atoms with van der Waals surface area (Å²) < 4.78 is 0. The highest BCUT2D eigenvalue weighted by Crippen LogP contribution is 2.12. The molecule has 0 heterocycles. The van der Waals surface area contributed by atoms with Crippen molar-refractivity contribution < 1.29 is 14.4 Å². The summed E-state index contributed by atoms with van der Waals surface area (Å²) in [6.45, 7) is 2.62. The molecule has 1 aromatic rings. The maximum Gasteiger partial charge on any atom is 0.315 e. The van der Waals surface area contributed by atoms with E-state index in [1.165, 1.54) is 0 Å². The summed E-state index contributed by atoms with van der Waals surface area (Å²) in [4.78, 5) is 34.5. The number of hydrogen-bond donors (Lipinski definition) is 4. The molecule has 0 radical (unpaired) electrons. The summed E-state index contributed by atoms with van der Waals surface area (Å²) in [6.07, 6.45) is 1.06. The summed E-state index contributed by atoms with van der Waals surface area (Å²) in [7, 11) is 0. The van der Waals surface area contributed by atoms with Gasteiger partial charge in [-0.1, -0.05) is 18.5 Å². The lowest BCUT2D eigenvalue weighted by atomic mass is 10.3. The van der Waals surface area contributed by atoms with Crippen molar-refractivity contribution in [2.45, 2.75) is 19.8 Å². The number of carbonyl (C=O) groups is 3. The van der Waals surface area contributed by atoms with Crippen molar-refractivity contribution >= 4 is 35.1 Å². The fourth-order valence-electron chi connectivity index (χ4n) is 1.60. The van der Waals surface area contributed by atoms with Gasteiger partial charge in [-0.15, -0.1) is 0 Å². The van der Waals surface area contributed by atoms with Crippen LogP contribution in [0.25, 0.3) is 0 Å². The van der Waals surface area contributed by atoms with E-state index < -0.39 is 6.03 Å². The van der Waals surface area contributed by atoms with Gasteiger partial charge in [0.25, 0.3) is 0 Å². The third kappa shape index (κ3) is 8.67. The third-order valence-corrected chi connectivity index (χ3v) is 3.00. The molecule has 7 nitrogen and oxygen atoms in total. The van der Waals surface area contributed by atoms with Crippen molar-refractivity contribution in [1.82, 2.24) is 16.0 Å². The molecule has 0 fully saturated rings. The Hall–Kier alpha value is -2.28. The predicted octanol–water partition coefficient (Wildman–Crippen LogP) is 1.49. The normalized spacial score (nSPS) is 9.83. The van der Waals surface area contributed by atoms with Gasteiger partial charge in [0.15, 0.2) is 0 Å². The number of amides is 4. The van der Waals surface area contributed by atoms with E-state index in [1.54, 1.807) is 24.3 Å². The van der Waals surface area contributed by atoms with Crippen molar-refractivity contribution in [3.05, 3.63) is 29.3 Å². The molecule has 0 spiro atoms. The average molecular weight is 341 g/mol. The summed E-state index contributed by atoms with van der Waals surface area (Å²) in [5, 5.41) is 10.8. The van der Waals surface area contributed by atoms with Crippen LogP contribution in [0.1, 0.15) is 19.8 Å². The standard InChI is InChI=1S/C15H21ClN4O3/c1-2-8-17-13(21)7-9-18-15(23)19-10-14(22)20-12-5-3-11(16)4-6-12/h3-6H,2,7-10H2,1H3,(H,17,21)(H,20,22)(H2,18,19,23). The Labute approximate surface area is 140 Å². The molecule has 1 aromatic carbocycles. The molecule has 8 heteroatoms. The molecule has 4 amide bonds. The second kappa shape index (κ2) is 10.4. The topological polar surface area (TPSA) is 99.3 Å². The quantitative estimate of drug-likeness (QED) is 0.577. The van der Waals surface area contributed by atoms with Crippen molar-refractivity contribution in [3.63, 3.8) is 0 Å². The number of rotatable bonds is 8. The van der Waals surface area contributed by atoms with Crippen LogP contribution in [0.5, 0.6) is 0 Å². The molecule has 0 aliphatic rings. The largest absolute Gasteiger partial charge is 0.356 e. The zero-order valence-electron chi connectivity index (χ0n) is 12.9. The molecule has 0 saturated heterocycles. The highest BCUT2D eigenvalue weighted by Gasteiger charge is 2.06. The van der Waals surface area contributed by atoms with Gasteiger partial charge in [-0.05, 0) is 30.7 Å². The molecule has 23 heavy (non-hydrogen) atoms.